The Balaban J connectivity index is 3.07. The van der Waals surface area contributed by atoms with Gasteiger partial charge in [-0.25, -0.2) is 0 Å². The van der Waals surface area contributed by atoms with Crippen molar-refractivity contribution in [1.29, 1.82) is 0 Å². The van der Waals surface area contributed by atoms with Crippen LogP contribution in [-0.4, -0.2) is 19.3 Å². The minimum atomic E-state index is 0.0790. The first kappa shape index (κ1) is 10.2. The number of rotatable bonds is 3. The van der Waals surface area contributed by atoms with Crippen molar-refractivity contribution in [1.82, 2.24) is 5.32 Å². The Morgan fingerprint density at radius 2 is 2.23 bits per heavy atom. The van der Waals surface area contributed by atoms with Crippen LogP contribution in [0.3, 0.4) is 0 Å². The molecule has 0 unspecified atom stereocenters. The molecular formula is C9H12ClNO2. The maximum Gasteiger partial charge on any atom is 0.142 e. The van der Waals surface area contributed by atoms with Gasteiger partial charge in [0.2, 0.25) is 0 Å². The van der Waals surface area contributed by atoms with Crippen LogP contribution < -0.4 is 10.1 Å². The number of hydrogen-bond donors (Lipinski definition) is 2. The van der Waals surface area contributed by atoms with Gasteiger partial charge in [-0.15, -0.1) is 0 Å². The van der Waals surface area contributed by atoms with Crippen molar-refractivity contribution in [3.63, 3.8) is 0 Å². The highest BCUT2D eigenvalue weighted by Gasteiger charge is 2.09. The van der Waals surface area contributed by atoms with Crippen LogP contribution >= 0.6 is 11.6 Å². The van der Waals surface area contributed by atoms with Crippen LogP contribution in [0.15, 0.2) is 12.1 Å². The molecule has 72 valence electrons. The number of halogens is 1. The molecule has 0 bridgehead atoms. The van der Waals surface area contributed by atoms with Gasteiger partial charge in [-0.05, 0) is 13.1 Å². The lowest BCUT2D eigenvalue weighted by Gasteiger charge is -2.08. The fourth-order valence-corrected chi connectivity index (χ4v) is 1.34. The van der Waals surface area contributed by atoms with Crippen LogP contribution in [-0.2, 0) is 6.54 Å². The molecule has 0 saturated heterocycles. The molecule has 0 atom stereocenters. The standard InChI is InChI=1S/C9H12ClNO2/c1-11-5-6-3-4-7(13-2)8(10)9(6)12/h3-4,11-12H,5H2,1-2H3. The third-order valence-electron chi connectivity index (χ3n) is 1.75. The predicted molar refractivity (Wildman–Crippen MR) is 52.4 cm³/mol. The van der Waals surface area contributed by atoms with Crippen molar-refractivity contribution >= 4 is 11.6 Å². The van der Waals surface area contributed by atoms with Gasteiger partial charge >= 0.3 is 0 Å². The Hall–Kier alpha value is -0.930. The van der Waals surface area contributed by atoms with E-state index < -0.39 is 0 Å². The normalized spacial score (nSPS) is 10.1. The van der Waals surface area contributed by atoms with E-state index in [0.29, 0.717) is 12.3 Å². The Bertz CT molecular complexity index is 302. The summed E-state index contributed by atoms with van der Waals surface area (Å²) in [6, 6.07) is 3.51. The lowest BCUT2D eigenvalue weighted by atomic mass is 10.2. The summed E-state index contributed by atoms with van der Waals surface area (Å²) in [5.41, 5.74) is 0.758. The summed E-state index contributed by atoms with van der Waals surface area (Å²) in [5, 5.41) is 12.8. The van der Waals surface area contributed by atoms with Crippen molar-refractivity contribution in [2.75, 3.05) is 14.2 Å². The molecule has 13 heavy (non-hydrogen) atoms. The lowest BCUT2D eigenvalue weighted by Crippen LogP contribution is -2.05. The molecule has 0 heterocycles. The Morgan fingerprint density at radius 3 is 2.77 bits per heavy atom. The van der Waals surface area contributed by atoms with E-state index in [0.717, 1.165) is 5.56 Å². The van der Waals surface area contributed by atoms with Crippen molar-refractivity contribution in [3.05, 3.63) is 22.7 Å². The topological polar surface area (TPSA) is 41.5 Å². The first-order valence-corrected chi connectivity index (χ1v) is 4.27. The van der Waals surface area contributed by atoms with Gasteiger partial charge in [-0.2, -0.15) is 0 Å². The van der Waals surface area contributed by atoms with Gasteiger partial charge in [-0.1, -0.05) is 17.7 Å². The molecule has 0 aliphatic rings. The number of aromatic hydroxyl groups is 1. The van der Waals surface area contributed by atoms with Crippen LogP contribution in [0.25, 0.3) is 0 Å². The first-order valence-electron chi connectivity index (χ1n) is 3.89. The van der Waals surface area contributed by atoms with E-state index in [2.05, 4.69) is 5.32 Å². The number of hydrogen-bond acceptors (Lipinski definition) is 3. The number of phenolic OH excluding ortho intramolecular Hbond substituents is 1. The fraction of sp³-hybridized carbons (Fsp3) is 0.333. The molecule has 4 heteroatoms. The van der Waals surface area contributed by atoms with E-state index >= 15 is 0 Å². The average Bonchev–Trinajstić information content (AvgIpc) is 2.14. The van der Waals surface area contributed by atoms with Gasteiger partial charge in [0.05, 0.1) is 7.11 Å². The lowest BCUT2D eigenvalue weighted by molar-refractivity contribution is 0.406. The van der Waals surface area contributed by atoms with Crippen LogP contribution in [0, 0.1) is 0 Å². The second-order valence-corrected chi connectivity index (χ2v) is 3.00. The largest absolute Gasteiger partial charge is 0.506 e. The SMILES string of the molecule is CNCc1ccc(OC)c(Cl)c1O. The first-order chi connectivity index (χ1) is 6.20. The molecule has 0 radical (unpaired) electrons. The molecule has 0 aliphatic carbocycles. The zero-order valence-corrected chi connectivity index (χ0v) is 8.35. The van der Waals surface area contributed by atoms with Crippen LogP contribution in [0.1, 0.15) is 5.56 Å². The van der Waals surface area contributed by atoms with Crippen LogP contribution in [0.5, 0.6) is 11.5 Å². The van der Waals surface area contributed by atoms with Crippen molar-refractivity contribution < 1.29 is 9.84 Å². The van der Waals surface area contributed by atoms with Crippen molar-refractivity contribution in [2.24, 2.45) is 0 Å². The zero-order chi connectivity index (χ0) is 9.84. The minimum Gasteiger partial charge on any atom is -0.506 e. The molecule has 1 rings (SSSR count). The maximum absolute atomic E-state index is 9.59. The van der Waals surface area contributed by atoms with E-state index in [1.165, 1.54) is 7.11 Å². The number of phenols is 1. The molecule has 0 spiro atoms. The highest BCUT2D eigenvalue weighted by Crippen LogP contribution is 2.35. The second-order valence-electron chi connectivity index (χ2n) is 2.62. The van der Waals surface area contributed by atoms with E-state index in [4.69, 9.17) is 16.3 Å². The quantitative estimate of drug-likeness (QED) is 0.784. The third-order valence-corrected chi connectivity index (χ3v) is 2.12. The molecule has 3 nitrogen and oxygen atoms in total. The second kappa shape index (κ2) is 4.35. The molecular weight excluding hydrogens is 190 g/mol. The van der Waals surface area contributed by atoms with Gasteiger partial charge in [0.15, 0.2) is 0 Å². The van der Waals surface area contributed by atoms with E-state index in [-0.39, 0.29) is 10.8 Å². The molecule has 1 aromatic rings. The molecule has 0 fully saturated rings. The third kappa shape index (κ3) is 2.05. The zero-order valence-electron chi connectivity index (χ0n) is 7.60. The van der Waals surface area contributed by atoms with E-state index in [1.54, 1.807) is 19.2 Å². The van der Waals surface area contributed by atoms with Gasteiger partial charge in [-0.3, -0.25) is 0 Å². The summed E-state index contributed by atoms with van der Waals surface area (Å²) in [6.07, 6.45) is 0. The Labute approximate surface area is 82.3 Å². The molecule has 1 aromatic carbocycles. The Morgan fingerprint density at radius 1 is 1.54 bits per heavy atom. The fourth-order valence-electron chi connectivity index (χ4n) is 1.08. The van der Waals surface area contributed by atoms with Crippen LogP contribution in [0.4, 0.5) is 0 Å². The van der Waals surface area contributed by atoms with Gasteiger partial charge < -0.3 is 15.2 Å². The summed E-state index contributed by atoms with van der Waals surface area (Å²) in [4.78, 5) is 0. The summed E-state index contributed by atoms with van der Waals surface area (Å²) in [6.45, 7) is 0.579. The molecule has 0 aliphatic heterocycles. The number of methoxy groups -OCH3 is 1. The number of ether oxygens (including phenoxy) is 1. The van der Waals surface area contributed by atoms with Gasteiger partial charge in [0.25, 0.3) is 0 Å². The minimum absolute atomic E-state index is 0.0790. The number of benzene rings is 1. The molecule has 0 amide bonds. The molecule has 0 saturated carbocycles. The average molecular weight is 202 g/mol. The smallest absolute Gasteiger partial charge is 0.142 e. The molecule has 2 N–H and O–H groups in total. The molecule has 0 aromatic heterocycles. The van der Waals surface area contributed by atoms with Gasteiger partial charge in [0.1, 0.15) is 16.5 Å². The Kier molecular flexibility index (Phi) is 3.39. The van der Waals surface area contributed by atoms with E-state index in [1.807, 2.05) is 0 Å². The summed E-state index contributed by atoms with van der Waals surface area (Å²) >= 11 is 5.83. The monoisotopic (exact) mass is 201 g/mol. The van der Waals surface area contributed by atoms with Crippen molar-refractivity contribution in [2.45, 2.75) is 6.54 Å². The van der Waals surface area contributed by atoms with Crippen molar-refractivity contribution in [3.8, 4) is 11.5 Å². The van der Waals surface area contributed by atoms with Gasteiger partial charge in [0, 0.05) is 12.1 Å². The maximum atomic E-state index is 9.59. The summed E-state index contributed by atoms with van der Waals surface area (Å²) in [5.74, 6) is 0.564. The van der Waals surface area contributed by atoms with E-state index in [9.17, 15) is 5.11 Å². The summed E-state index contributed by atoms with van der Waals surface area (Å²) in [7, 11) is 3.32. The summed E-state index contributed by atoms with van der Waals surface area (Å²) < 4.78 is 4.95. The highest BCUT2D eigenvalue weighted by molar-refractivity contribution is 6.33. The highest BCUT2D eigenvalue weighted by atomic mass is 35.5. The number of nitrogens with one attached hydrogen (secondary N) is 1. The van der Waals surface area contributed by atoms with Crippen LogP contribution in [0.2, 0.25) is 5.02 Å². The predicted octanol–water partition coefficient (Wildman–Crippen LogP) is 1.77.